The van der Waals surface area contributed by atoms with E-state index in [9.17, 15) is 0 Å². The summed E-state index contributed by atoms with van der Waals surface area (Å²) in [5, 5.41) is 4.50. The maximum absolute atomic E-state index is 6.07. The second-order valence-corrected chi connectivity index (χ2v) is 6.19. The van der Waals surface area contributed by atoms with Crippen LogP contribution in [0.15, 0.2) is 28.9 Å². The second-order valence-electron chi connectivity index (χ2n) is 5.01. The van der Waals surface area contributed by atoms with Gasteiger partial charge in [0.15, 0.2) is 0 Å². The van der Waals surface area contributed by atoms with Gasteiger partial charge in [0, 0.05) is 23.3 Å². The fourth-order valence-electron chi connectivity index (χ4n) is 2.61. The third-order valence-corrected chi connectivity index (χ3v) is 4.30. The van der Waals surface area contributed by atoms with Gasteiger partial charge in [-0.05, 0) is 24.6 Å². The molecule has 2 aromatic heterocycles. The Hall–Kier alpha value is -1.33. The topological polar surface area (TPSA) is 35.6 Å². The summed E-state index contributed by atoms with van der Waals surface area (Å²) in [6, 6.07) is 6.12. The van der Waals surface area contributed by atoms with Gasteiger partial charge in [-0.3, -0.25) is 4.68 Å². The number of aryl methyl sites for hydroxylation is 2. The predicted octanol–water partition coefficient (Wildman–Crippen LogP) is 3.88. The zero-order valence-corrected chi connectivity index (χ0v) is 14.3. The van der Waals surface area contributed by atoms with Crippen molar-refractivity contribution in [2.45, 2.75) is 25.8 Å². The second kappa shape index (κ2) is 5.81. The molecule has 0 aliphatic rings. The first-order valence-electron chi connectivity index (χ1n) is 6.84. The van der Waals surface area contributed by atoms with Crippen LogP contribution < -0.4 is 0 Å². The first kappa shape index (κ1) is 14.6. The fraction of sp³-hybridized carbons (Fsp3) is 0.333. The Bertz CT molecular complexity index is 790. The van der Waals surface area contributed by atoms with Crippen LogP contribution in [0.25, 0.3) is 11.0 Å². The zero-order chi connectivity index (χ0) is 15.0. The molecule has 1 aromatic carbocycles. The van der Waals surface area contributed by atoms with Gasteiger partial charge in [-0.25, -0.2) is 4.98 Å². The molecular weight excluding hydrogens is 352 g/mol. The van der Waals surface area contributed by atoms with Crippen molar-refractivity contribution in [3.8, 4) is 0 Å². The van der Waals surface area contributed by atoms with Gasteiger partial charge >= 0.3 is 0 Å². The molecule has 4 nitrogen and oxygen atoms in total. The van der Waals surface area contributed by atoms with Crippen molar-refractivity contribution < 1.29 is 0 Å². The van der Waals surface area contributed by atoms with Crippen LogP contribution in [0.5, 0.6) is 0 Å². The minimum absolute atomic E-state index is 0.397. The highest BCUT2D eigenvalue weighted by Crippen LogP contribution is 2.23. The molecule has 0 aliphatic carbocycles. The van der Waals surface area contributed by atoms with E-state index in [1.165, 1.54) is 5.56 Å². The molecule has 21 heavy (non-hydrogen) atoms. The molecule has 0 spiro atoms. The van der Waals surface area contributed by atoms with Crippen LogP contribution in [0.1, 0.15) is 24.0 Å². The maximum atomic E-state index is 6.07. The summed E-state index contributed by atoms with van der Waals surface area (Å²) in [5.41, 5.74) is 4.40. The first-order valence-corrected chi connectivity index (χ1v) is 8.17. The van der Waals surface area contributed by atoms with Crippen molar-refractivity contribution in [2.75, 3.05) is 0 Å². The fourth-order valence-corrected chi connectivity index (χ4v) is 3.17. The summed E-state index contributed by atoms with van der Waals surface area (Å²) in [6.45, 7) is 2.87. The lowest BCUT2D eigenvalue weighted by Gasteiger charge is -2.07. The molecular formula is C15H16BrClN4. The number of benzene rings is 1. The van der Waals surface area contributed by atoms with Crippen LogP contribution in [0.3, 0.4) is 0 Å². The molecule has 0 unspecified atom stereocenters. The van der Waals surface area contributed by atoms with E-state index in [2.05, 4.69) is 49.8 Å². The molecule has 2 heterocycles. The Morgan fingerprint density at radius 1 is 1.33 bits per heavy atom. The van der Waals surface area contributed by atoms with Gasteiger partial charge in [-0.2, -0.15) is 5.10 Å². The van der Waals surface area contributed by atoms with E-state index in [4.69, 9.17) is 11.6 Å². The minimum Gasteiger partial charge on any atom is -0.322 e. The minimum atomic E-state index is 0.397. The Kier molecular flexibility index (Phi) is 4.04. The standard InChI is InChI=1S/C15H16BrClN4/c1-3-12-10(8-20(2)19-12)9-21-14-5-4-11(16)6-13(14)18-15(21)7-17/h4-6,8H,3,7,9H2,1-2H3. The van der Waals surface area contributed by atoms with Gasteiger partial charge < -0.3 is 4.57 Å². The highest BCUT2D eigenvalue weighted by atomic mass is 79.9. The average Bonchev–Trinajstić information content (AvgIpc) is 2.99. The lowest BCUT2D eigenvalue weighted by Crippen LogP contribution is -2.05. The summed E-state index contributed by atoms with van der Waals surface area (Å²) in [5.74, 6) is 1.28. The molecule has 0 fully saturated rings. The number of imidazole rings is 1. The molecule has 3 aromatic rings. The van der Waals surface area contributed by atoms with Crippen molar-refractivity contribution in [3.05, 3.63) is 46.0 Å². The summed E-state index contributed by atoms with van der Waals surface area (Å²) >= 11 is 9.56. The average molecular weight is 368 g/mol. The summed E-state index contributed by atoms with van der Waals surface area (Å²) < 4.78 is 5.06. The van der Waals surface area contributed by atoms with E-state index in [0.29, 0.717) is 5.88 Å². The third kappa shape index (κ3) is 2.72. The van der Waals surface area contributed by atoms with Crippen molar-refractivity contribution in [1.29, 1.82) is 0 Å². The SMILES string of the molecule is CCc1nn(C)cc1Cn1c(CCl)nc2cc(Br)ccc21. The number of halogens is 2. The van der Waals surface area contributed by atoms with Gasteiger partial charge in [0.25, 0.3) is 0 Å². The molecule has 110 valence electrons. The Morgan fingerprint density at radius 3 is 2.86 bits per heavy atom. The number of fused-ring (bicyclic) bond motifs is 1. The number of alkyl halides is 1. The largest absolute Gasteiger partial charge is 0.322 e. The van der Waals surface area contributed by atoms with Crippen molar-refractivity contribution >= 4 is 38.6 Å². The summed E-state index contributed by atoms with van der Waals surface area (Å²) in [4.78, 5) is 4.62. The molecule has 0 amide bonds. The van der Waals surface area contributed by atoms with E-state index in [-0.39, 0.29) is 0 Å². The lowest BCUT2D eigenvalue weighted by atomic mass is 10.2. The van der Waals surface area contributed by atoms with E-state index < -0.39 is 0 Å². The summed E-state index contributed by atoms with van der Waals surface area (Å²) in [6.07, 6.45) is 2.99. The van der Waals surface area contributed by atoms with Crippen LogP contribution in [-0.2, 0) is 25.9 Å². The molecule has 0 atom stereocenters. The van der Waals surface area contributed by atoms with E-state index >= 15 is 0 Å². The van der Waals surface area contributed by atoms with Crippen LogP contribution >= 0.6 is 27.5 Å². The third-order valence-electron chi connectivity index (χ3n) is 3.56. The first-order chi connectivity index (χ1) is 10.1. The highest BCUT2D eigenvalue weighted by Gasteiger charge is 2.13. The van der Waals surface area contributed by atoms with Gasteiger partial charge in [0.2, 0.25) is 0 Å². The van der Waals surface area contributed by atoms with Crippen molar-refractivity contribution in [2.24, 2.45) is 7.05 Å². The van der Waals surface area contributed by atoms with E-state index in [1.54, 1.807) is 0 Å². The normalized spacial score (nSPS) is 11.4. The maximum Gasteiger partial charge on any atom is 0.125 e. The van der Waals surface area contributed by atoms with Gasteiger partial charge in [0.1, 0.15) is 5.82 Å². The molecule has 0 radical (unpaired) electrons. The van der Waals surface area contributed by atoms with Gasteiger partial charge in [0.05, 0.1) is 29.2 Å². The van der Waals surface area contributed by atoms with E-state index in [0.717, 1.165) is 40.0 Å². The Labute approximate surface area is 136 Å². The van der Waals surface area contributed by atoms with Crippen LogP contribution in [0.4, 0.5) is 0 Å². The van der Waals surface area contributed by atoms with Crippen molar-refractivity contribution in [3.63, 3.8) is 0 Å². The van der Waals surface area contributed by atoms with Crippen LogP contribution in [-0.4, -0.2) is 19.3 Å². The molecule has 6 heteroatoms. The Balaban J connectivity index is 2.10. The predicted molar refractivity (Wildman–Crippen MR) is 88.7 cm³/mol. The molecule has 0 aliphatic heterocycles. The molecule has 3 rings (SSSR count). The number of hydrogen-bond donors (Lipinski definition) is 0. The monoisotopic (exact) mass is 366 g/mol. The van der Waals surface area contributed by atoms with Crippen molar-refractivity contribution in [1.82, 2.24) is 19.3 Å². The molecule has 0 saturated heterocycles. The quantitative estimate of drug-likeness (QED) is 0.656. The number of aromatic nitrogens is 4. The number of nitrogens with zero attached hydrogens (tertiary/aromatic N) is 4. The molecule has 0 saturated carbocycles. The molecule has 0 bridgehead atoms. The zero-order valence-electron chi connectivity index (χ0n) is 12.0. The van der Waals surface area contributed by atoms with Gasteiger partial charge in [-0.1, -0.05) is 22.9 Å². The highest BCUT2D eigenvalue weighted by molar-refractivity contribution is 9.10. The number of hydrogen-bond acceptors (Lipinski definition) is 2. The Morgan fingerprint density at radius 2 is 2.14 bits per heavy atom. The summed E-state index contributed by atoms with van der Waals surface area (Å²) in [7, 11) is 1.95. The lowest BCUT2D eigenvalue weighted by molar-refractivity contribution is 0.746. The number of rotatable bonds is 4. The molecule has 0 N–H and O–H groups in total. The van der Waals surface area contributed by atoms with Crippen LogP contribution in [0, 0.1) is 0 Å². The van der Waals surface area contributed by atoms with Crippen LogP contribution in [0.2, 0.25) is 0 Å². The van der Waals surface area contributed by atoms with Gasteiger partial charge in [-0.15, -0.1) is 11.6 Å². The van der Waals surface area contributed by atoms with E-state index in [1.807, 2.05) is 23.9 Å². The smallest absolute Gasteiger partial charge is 0.125 e.